The van der Waals surface area contributed by atoms with Crippen LogP contribution < -0.4 is 0 Å². The molecular formula is C14H7ClF4N2. The standard InChI is InChI=1S/C14H7ClF4N2/c15-10-5-8(14(17,18)19)6-21-7-12(20-13(10)21)9-3-1-2-4-11(9)16/h1-7H. The number of fused-ring (bicyclic) bond motifs is 1. The molecule has 0 bridgehead atoms. The van der Waals surface area contributed by atoms with Crippen LogP contribution in [-0.4, -0.2) is 9.38 Å². The second-order valence-electron chi connectivity index (χ2n) is 4.41. The molecule has 0 aliphatic rings. The number of hydrogen-bond acceptors (Lipinski definition) is 1. The van der Waals surface area contributed by atoms with Crippen LogP contribution in [0, 0.1) is 5.82 Å². The van der Waals surface area contributed by atoms with Gasteiger partial charge in [-0.15, -0.1) is 0 Å². The van der Waals surface area contributed by atoms with Gasteiger partial charge in [0.1, 0.15) is 5.82 Å². The summed E-state index contributed by atoms with van der Waals surface area (Å²) in [5.41, 5.74) is -0.333. The highest BCUT2D eigenvalue weighted by atomic mass is 35.5. The van der Waals surface area contributed by atoms with Crippen LogP contribution in [0.25, 0.3) is 16.9 Å². The SMILES string of the molecule is Fc1ccccc1-c1cn2cc(C(F)(F)F)cc(Cl)c2n1. The van der Waals surface area contributed by atoms with Gasteiger partial charge in [0.15, 0.2) is 5.65 Å². The quantitative estimate of drug-likeness (QED) is 0.589. The maximum atomic E-state index is 13.7. The van der Waals surface area contributed by atoms with Crippen LogP contribution in [0.4, 0.5) is 17.6 Å². The molecule has 0 unspecified atom stereocenters. The van der Waals surface area contributed by atoms with E-state index < -0.39 is 17.6 Å². The number of pyridine rings is 1. The Balaban J connectivity index is 2.21. The Morgan fingerprint density at radius 2 is 1.81 bits per heavy atom. The molecule has 0 aliphatic heterocycles. The Kier molecular flexibility index (Phi) is 3.13. The van der Waals surface area contributed by atoms with Crippen molar-refractivity contribution < 1.29 is 17.6 Å². The van der Waals surface area contributed by atoms with Gasteiger partial charge in [-0.2, -0.15) is 13.2 Å². The molecule has 0 N–H and O–H groups in total. The van der Waals surface area contributed by atoms with Gasteiger partial charge in [0, 0.05) is 18.0 Å². The number of nitrogens with zero attached hydrogens (tertiary/aromatic N) is 2. The Morgan fingerprint density at radius 1 is 1.10 bits per heavy atom. The number of hydrogen-bond donors (Lipinski definition) is 0. The van der Waals surface area contributed by atoms with Crippen molar-refractivity contribution in [3.8, 4) is 11.3 Å². The molecule has 3 aromatic rings. The molecule has 0 saturated heterocycles. The van der Waals surface area contributed by atoms with E-state index in [1.54, 1.807) is 6.07 Å². The highest BCUT2D eigenvalue weighted by molar-refractivity contribution is 6.33. The average Bonchev–Trinajstić information content (AvgIpc) is 2.82. The van der Waals surface area contributed by atoms with Crippen LogP contribution >= 0.6 is 11.6 Å². The van der Waals surface area contributed by atoms with E-state index in [4.69, 9.17) is 11.6 Å². The van der Waals surface area contributed by atoms with Crippen molar-refractivity contribution >= 4 is 17.2 Å². The van der Waals surface area contributed by atoms with E-state index in [1.807, 2.05) is 0 Å². The van der Waals surface area contributed by atoms with Crippen molar-refractivity contribution in [2.45, 2.75) is 6.18 Å². The molecule has 1 aromatic carbocycles. The molecule has 0 spiro atoms. The smallest absolute Gasteiger partial charge is 0.305 e. The highest BCUT2D eigenvalue weighted by Crippen LogP contribution is 2.33. The van der Waals surface area contributed by atoms with Crippen molar-refractivity contribution in [3.05, 3.63) is 59.1 Å². The first-order chi connectivity index (χ1) is 9.86. The van der Waals surface area contributed by atoms with Crippen LogP contribution in [0.2, 0.25) is 5.02 Å². The van der Waals surface area contributed by atoms with Gasteiger partial charge in [0.2, 0.25) is 0 Å². The summed E-state index contributed by atoms with van der Waals surface area (Å²) in [5, 5.41) is -0.146. The van der Waals surface area contributed by atoms with Crippen LogP contribution in [0.15, 0.2) is 42.7 Å². The summed E-state index contributed by atoms with van der Waals surface area (Å²) in [7, 11) is 0. The predicted octanol–water partition coefficient (Wildman–Crippen LogP) is 4.81. The summed E-state index contributed by atoms with van der Waals surface area (Å²) < 4.78 is 53.1. The minimum Gasteiger partial charge on any atom is -0.305 e. The lowest BCUT2D eigenvalue weighted by atomic mass is 10.1. The fourth-order valence-electron chi connectivity index (χ4n) is 2.01. The number of halogens is 5. The van der Waals surface area contributed by atoms with E-state index in [0.717, 1.165) is 16.7 Å². The lowest BCUT2D eigenvalue weighted by Gasteiger charge is -2.07. The van der Waals surface area contributed by atoms with Gasteiger partial charge in [-0.05, 0) is 18.2 Å². The van der Waals surface area contributed by atoms with Crippen molar-refractivity contribution in [1.82, 2.24) is 9.38 Å². The van der Waals surface area contributed by atoms with E-state index in [1.165, 1.54) is 24.4 Å². The first-order valence-electron chi connectivity index (χ1n) is 5.86. The summed E-state index contributed by atoms with van der Waals surface area (Å²) in [4.78, 5) is 4.09. The van der Waals surface area contributed by atoms with E-state index >= 15 is 0 Å². The van der Waals surface area contributed by atoms with E-state index in [9.17, 15) is 17.6 Å². The molecule has 2 nitrogen and oxygen atoms in total. The average molecular weight is 315 g/mol. The van der Waals surface area contributed by atoms with Gasteiger partial charge in [0.25, 0.3) is 0 Å². The minimum absolute atomic E-state index is 0.142. The minimum atomic E-state index is -4.51. The van der Waals surface area contributed by atoms with E-state index in [2.05, 4.69) is 4.98 Å². The van der Waals surface area contributed by atoms with Crippen LogP contribution in [-0.2, 0) is 6.18 Å². The number of imidazole rings is 1. The zero-order valence-electron chi connectivity index (χ0n) is 10.3. The second kappa shape index (κ2) is 4.73. The largest absolute Gasteiger partial charge is 0.417 e. The Morgan fingerprint density at radius 3 is 2.48 bits per heavy atom. The third-order valence-electron chi connectivity index (χ3n) is 2.98. The van der Waals surface area contributed by atoms with E-state index in [0.29, 0.717) is 0 Å². The Bertz CT molecular complexity index is 823. The maximum absolute atomic E-state index is 13.7. The van der Waals surface area contributed by atoms with Gasteiger partial charge in [-0.1, -0.05) is 23.7 Å². The topological polar surface area (TPSA) is 17.3 Å². The fraction of sp³-hybridized carbons (Fsp3) is 0.0714. The molecule has 0 aliphatic carbocycles. The molecule has 0 atom stereocenters. The molecule has 108 valence electrons. The monoisotopic (exact) mass is 314 g/mol. The third kappa shape index (κ3) is 2.47. The van der Waals surface area contributed by atoms with Gasteiger partial charge < -0.3 is 4.40 Å². The van der Waals surface area contributed by atoms with Crippen molar-refractivity contribution in [3.63, 3.8) is 0 Å². The number of alkyl halides is 3. The number of aromatic nitrogens is 2. The van der Waals surface area contributed by atoms with Gasteiger partial charge in [0.05, 0.1) is 16.3 Å². The second-order valence-corrected chi connectivity index (χ2v) is 4.82. The zero-order valence-corrected chi connectivity index (χ0v) is 11.1. The maximum Gasteiger partial charge on any atom is 0.417 e. The Labute approximate surface area is 121 Å². The third-order valence-corrected chi connectivity index (χ3v) is 3.26. The lowest BCUT2D eigenvalue weighted by Crippen LogP contribution is -2.06. The van der Waals surface area contributed by atoms with Crippen LogP contribution in [0.5, 0.6) is 0 Å². The number of benzene rings is 1. The first-order valence-corrected chi connectivity index (χ1v) is 6.24. The normalized spacial score (nSPS) is 12.0. The van der Waals surface area contributed by atoms with Gasteiger partial charge in [-0.3, -0.25) is 0 Å². The van der Waals surface area contributed by atoms with Crippen LogP contribution in [0.3, 0.4) is 0 Å². The summed E-state index contributed by atoms with van der Waals surface area (Å²) in [6.07, 6.45) is -2.33. The number of rotatable bonds is 1. The molecule has 3 rings (SSSR count). The van der Waals surface area contributed by atoms with Crippen molar-refractivity contribution in [2.75, 3.05) is 0 Å². The zero-order chi connectivity index (χ0) is 15.2. The molecule has 0 radical (unpaired) electrons. The summed E-state index contributed by atoms with van der Waals surface area (Å²) in [6.45, 7) is 0. The fourth-order valence-corrected chi connectivity index (χ4v) is 2.27. The molecular weight excluding hydrogens is 308 g/mol. The lowest BCUT2D eigenvalue weighted by molar-refractivity contribution is -0.137. The summed E-state index contributed by atoms with van der Waals surface area (Å²) in [5.74, 6) is -0.506. The van der Waals surface area contributed by atoms with E-state index in [-0.39, 0.29) is 21.9 Å². The predicted molar refractivity (Wildman–Crippen MR) is 70.6 cm³/mol. The molecule has 0 fully saturated rings. The molecule has 7 heteroatoms. The van der Waals surface area contributed by atoms with Crippen molar-refractivity contribution in [1.29, 1.82) is 0 Å². The molecule has 2 heterocycles. The molecule has 21 heavy (non-hydrogen) atoms. The van der Waals surface area contributed by atoms with Crippen LogP contribution in [0.1, 0.15) is 5.56 Å². The summed E-state index contributed by atoms with van der Waals surface area (Å²) >= 11 is 5.83. The first kappa shape index (κ1) is 13.9. The van der Waals surface area contributed by atoms with Gasteiger partial charge in [-0.25, -0.2) is 9.37 Å². The van der Waals surface area contributed by atoms with Gasteiger partial charge >= 0.3 is 6.18 Å². The summed E-state index contributed by atoms with van der Waals surface area (Å²) in [6, 6.07) is 6.68. The van der Waals surface area contributed by atoms with Crippen molar-refractivity contribution in [2.24, 2.45) is 0 Å². The highest BCUT2D eigenvalue weighted by Gasteiger charge is 2.32. The Hall–Kier alpha value is -2.08. The molecule has 2 aromatic heterocycles. The molecule has 0 amide bonds. The molecule has 0 saturated carbocycles.